The van der Waals surface area contributed by atoms with Crippen molar-refractivity contribution in [1.29, 1.82) is 0 Å². The zero-order valence-electron chi connectivity index (χ0n) is 17.6. The molecule has 0 unspecified atom stereocenters. The number of rotatable bonds is 4. The number of aromatic nitrogens is 2. The van der Waals surface area contributed by atoms with Crippen LogP contribution in [0.1, 0.15) is 64.1 Å². The van der Waals surface area contributed by atoms with Crippen molar-refractivity contribution in [3.05, 3.63) is 22.6 Å². The number of ketones is 2. The number of hydrogen-bond donors (Lipinski definition) is 2. The van der Waals surface area contributed by atoms with Gasteiger partial charge in [-0.1, -0.05) is 18.0 Å². The zero-order valence-corrected chi connectivity index (χ0v) is 18.4. The number of carbonyl (C=O) groups is 2. The van der Waals surface area contributed by atoms with Gasteiger partial charge >= 0.3 is 0 Å². The number of ether oxygens (including phenoxy) is 1. The second-order valence-electron chi connectivity index (χ2n) is 8.81. The Morgan fingerprint density at radius 3 is 2.77 bits per heavy atom. The van der Waals surface area contributed by atoms with E-state index < -0.39 is 11.6 Å². The molecule has 1 aromatic heterocycles. The smallest absolute Gasteiger partial charge is 0.218 e. The van der Waals surface area contributed by atoms with E-state index in [2.05, 4.69) is 15.3 Å². The Hall–Kier alpha value is -2.06. The number of nitrogens with two attached hydrogens (primary N) is 1. The highest BCUT2D eigenvalue weighted by molar-refractivity contribution is 6.29. The summed E-state index contributed by atoms with van der Waals surface area (Å²) >= 11 is 6.18. The Morgan fingerprint density at radius 1 is 1.29 bits per heavy atom. The van der Waals surface area contributed by atoms with E-state index in [9.17, 15) is 14.0 Å². The lowest BCUT2D eigenvalue weighted by atomic mass is 9.62. The third-order valence-electron chi connectivity index (χ3n) is 6.75. The fraction of sp³-hybridized carbons (Fsp3) is 0.636. The molecule has 31 heavy (non-hydrogen) atoms. The average molecular weight is 451 g/mol. The van der Waals surface area contributed by atoms with Crippen LogP contribution in [0.15, 0.2) is 11.6 Å². The SMILES string of the molecule is C[C@H](Oc1cc(Cl)nc(C(N)=C2CCC[C@@]3(CCCCC3=O)C2=O)n1)[C@@H]1C[C@@H](F)CN1. The Balaban J connectivity index is 1.60. The van der Waals surface area contributed by atoms with Gasteiger partial charge in [-0.25, -0.2) is 9.37 Å². The predicted molar refractivity (Wildman–Crippen MR) is 114 cm³/mol. The summed E-state index contributed by atoms with van der Waals surface area (Å²) in [6.07, 6.45) is 3.61. The molecule has 1 aliphatic heterocycles. The first-order valence-corrected chi connectivity index (χ1v) is 11.3. The van der Waals surface area contributed by atoms with Crippen LogP contribution in [0.5, 0.6) is 5.88 Å². The molecule has 3 fully saturated rings. The van der Waals surface area contributed by atoms with Crippen LogP contribution in [0.25, 0.3) is 5.70 Å². The van der Waals surface area contributed by atoms with Gasteiger partial charge in [0, 0.05) is 30.6 Å². The normalized spacial score (nSPS) is 31.7. The van der Waals surface area contributed by atoms with Crippen molar-refractivity contribution in [3.63, 3.8) is 0 Å². The Kier molecular flexibility index (Phi) is 6.30. The first-order valence-electron chi connectivity index (χ1n) is 11.0. The van der Waals surface area contributed by atoms with Crippen molar-refractivity contribution in [2.75, 3.05) is 6.54 Å². The minimum atomic E-state index is -0.945. The highest BCUT2D eigenvalue weighted by Gasteiger charge is 2.49. The van der Waals surface area contributed by atoms with Crippen molar-refractivity contribution in [2.24, 2.45) is 11.1 Å². The lowest BCUT2D eigenvalue weighted by Gasteiger charge is -2.38. The number of carbonyl (C=O) groups excluding carboxylic acids is 2. The van der Waals surface area contributed by atoms with Gasteiger partial charge in [-0.2, -0.15) is 4.98 Å². The molecule has 1 spiro atoms. The molecule has 0 amide bonds. The van der Waals surface area contributed by atoms with Crippen LogP contribution >= 0.6 is 11.6 Å². The second kappa shape index (κ2) is 8.82. The lowest BCUT2D eigenvalue weighted by Crippen LogP contribution is -2.45. The highest BCUT2D eigenvalue weighted by Crippen LogP contribution is 2.45. The molecule has 0 bridgehead atoms. The van der Waals surface area contributed by atoms with Crippen molar-refractivity contribution < 1.29 is 18.7 Å². The van der Waals surface area contributed by atoms with Crippen molar-refractivity contribution in [2.45, 2.75) is 76.6 Å². The summed E-state index contributed by atoms with van der Waals surface area (Å²) in [6.45, 7) is 2.13. The molecule has 168 valence electrons. The highest BCUT2D eigenvalue weighted by atomic mass is 35.5. The topological polar surface area (TPSA) is 107 Å². The van der Waals surface area contributed by atoms with Gasteiger partial charge in [0.05, 0.1) is 11.1 Å². The molecule has 3 N–H and O–H groups in total. The van der Waals surface area contributed by atoms with Gasteiger partial charge in [0.2, 0.25) is 5.88 Å². The van der Waals surface area contributed by atoms with Crippen LogP contribution in [-0.2, 0) is 9.59 Å². The van der Waals surface area contributed by atoms with Gasteiger partial charge in [0.1, 0.15) is 23.2 Å². The summed E-state index contributed by atoms with van der Waals surface area (Å²) in [7, 11) is 0. The number of nitrogens with zero attached hydrogens (tertiary/aromatic N) is 2. The maximum Gasteiger partial charge on any atom is 0.218 e. The van der Waals surface area contributed by atoms with Crippen LogP contribution < -0.4 is 15.8 Å². The second-order valence-corrected chi connectivity index (χ2v) is 9.20. The Morgan fingerprint density at radius 2 is 2.06 bits per heavy atom. The van der Waals surface area contributed by atoms with E-state index in [0.29, 0.717) is 50.6 Å². The van der Waals surface area contributed by atoms with Crippen LogP contribution in [0.4, 0.5) is 4.39 Å². The molecule has 1 aromatic rings. The van der Waals surface area contributed by atoms with Crippen LogP contribution in [-0.4, -0.2) is 46.4 Å². The zero-order chi connectivity index (χ0) is 22.2. The predicted octanol–water partition coefficient (Wildman–Crippen LogP) is 3.15. The van der Waals surface area contributed by atoms with Crippen molar-refractivity contribution in [3.8, 4) is 5.88 Å². The molecular formula is C22H28ClFN4O3. The quantitative estimate of drug-likeness (QED) is 0.412. The average Bonchev–Trinajstić information content (AvgIpc) is 3.17. The molecule has 2 aliphatic carbocycles. The van der Waals surface area contributed by atoms with E-state index >= 15 is 0 Å². The van der Waals surface area contributed by atoms with E-state index in [1.54, 1.807) is 0 Å². The third-order valence-corrected chi connectivity index (χ3v) is 6.95. The van der Waals surface area contributed by atoms with Gasteiger partial charge in [-0.05, 0) is 45.4 Å². The summed E-state index contributed by atoms with van der Waals surface area (Å²) < 4.78 is 19.4. The molecular weight excluding hydrogens is 423 g/mol. The van der Waals surface area contributed by atoms with Gasteiger partial charge in [0.15, 0.2) is 11.6 Å². The van der Waals surface area contributed by atoms with Crippen molar-refractivity contribution >= 4 is 28.9 Å². The largest absolute Gasteiger partial charge is 0.473 e. The lowest BCUT2D eigenvalue weighted by molar-refractivity contribution is -0.143. The minimum Gasteiger partial charge on any atom is -0.473 e. The minimum absolute atomic E-state index is 0.0221. The molecule has 2 saturated carbocycles. The maximum absolute atomic E-state index is 13.5. The van der Waals surface area contributed by atoms with Gasteiger partial charge in [-0.15, -0.1) is 0 Å². The molecule has 7 nitrogen and oxygen atoms in total. The Labute approximate surface area is 186 Å². The van der Waals surface area contributed by atoms with Gasteiger partial charge in [0.25, 0.3) is 0 Å². The number of Topliss-reactive ketones (excluding diaryl/α,β-unsaturated/α-hetero) is 2. The maximum atomic E-state index is 13.5. The number of halogens is 2. The fourth-order valence-electron chi connectivity index (χ4n) is 5.00. The van der Waals surface area contributed by atoms with Crippen LogP contribution in [0.2, 0.25) is 5.15 Å². The monoisotopic (exact) mass is 450 g/mol. The fourth-order valence-corrected chi connectivity index (χ4v) is 5.17. The molecule has 4 atom stereocenters. The standard InChI is InChI=1S/C22H28ClFN4O3/c1-12(15-9-13(24)11-26-15)31-18-10-17(23)27-21(28-18)19(25)14-5-4-8-22(20(14)30)7-3-2-6-16(22)29/h10,12-13,15,26H,2-9,11,25H2,1H3/t12-,13+,15-,22+/m0/s1. The number of nitrogens with one attached hydrogen (secondary N) is 1. The summed E-state index contributed by atoms with van der Waals surface area (Å²) in [5.41, 5.74) is 5.95. The van der Waals surface area contributed by atoms with E-state index in [4.69, 9.17) is 22.1 Å². The molecule has 9 heteroatoms. The van der Waals surface area contributed by atoms with Crippen LogP contribution in [0, 0.1) is 5.41 Å². The molecule has 3 aliphatic rings. The summed E-state index contributed by atoms with van der Waals surface area (Å²) in [6, 6.07) is 1.33. The third kappa shape index (κ3) is 4.32. The summed E-state index contributed by atoms with van der Waals surface area (Å²) in [4.78, 5) is 34.6. The molecule has 0 aromatic carbocycles. The molecule has 4 rings (SSSR count). The number of alkyl halides is 1. The van der Waals surface area contributed by atoms with Crippen LogP contribution in [0.3, 0.4) is 0 Å². The van der Waals surface area contributed by atoms with Gasteiger partial charge < -0.3 is 15.8 Å². The van der Waals surface area contributed by atoms with Gasteiger partial charge in [-0.3, -0.25) is 9.59 Å². The van der Waals surface area contributed by atoms with E-state index in [1.807, 2.05) is 6.92 Å². The summed E-state index contributed by atoms with van der Waals surface area (Å²) in [5.74, 6) is 0.154. The van der Waals surface area contributed by atoms with E-state index in [-0.39, 0.29) is 46.3 Å². The molecule has 2 heterocycles. The first-order chi connectivity index (χ1) is 14.8. The van der Waals surface area contributed by atoms with Crippen molar-refractivity contribution in [1.82, 2.24) is 15.3 Å². The van der Waals surface area contributed by atoms with E-state index in [0.717, 1.165) is 12.8 Å². The van der Waals surface area contributed by atoms with E-state index in [1.165, 1.54) is 6.07 Å². The first kappa shape index (κ1) is 22.1. The summed E-state index contributed by atoms with van der Waals surface area (Å²) in [5, 5.41) is 3.22. The molecule has 1 saturated heterocycles. The Bertz CT molecular complexity index is 920. The molecule has 0 radical (unpaired) electrons. The number of allylic oxidation sites excluding steroid dienone is 1. The number of hydrogen-bond acceptors (Lipinski definition) is 7.